The van der Waals surface area contributed by atoms with Gasteiger partial charge in [0.25, 0.3) is 5.91 Å². The van der Waals surface area contributed by atoms with Crippen LogP contribution >= 0.6 is 0 Å². The molecule has 0 N–H and O–H groups in total. The summed E-state index contributed by atoms with van der Waals surface area (Å²) in [5, 5.41) is 4.75. The molecule has 0 amide bonds. The number of allylic oxidation sites excluding steroid dienone is 2. The van der Waals surface area contributed by atoms with Crippen molar-refractivity contribution in [3.8, 4) is 28.1 Å². The van der Waals surface area contributed by atoms with Crippen molar-refractivity contribution in [3.05, 3.63) is 102 Å². The molecule has 2 heterocycles. The van der Waals surface area contributed by atoms with Crippen molar-refractivity contribution in [1.82, 2.24) is 9.78 Å². The number of aldehydes is 1. The fourth-order valence-electron chi connectivity index (χ4n) is 4.17. The predicted octanol–water partition coefficient (Wildman–Crippen LogP) is 5.07. The van der Waals surface area contributed by atoms with Crippen LogP contribution in [0.15, 0.2) is 90.5 Å². The van der Waals surface area contributed by atoms with Crippen molar-refractivity contribution in [2.24, 2.45) is 0 Å². The van der Waals surface area contributed by atoms with Gasteiger partial charge in [-0.1, -0.05) is 72.8 Å². The molecular formula is C27H20N2O3. The second-order valence-electron chi connectivity index (χ2n) is 7.54. The van der Waals surface area contributed by atoms with Crippen LogP contribution in [0.4, 0.5) is 0 Å². The molecule has 0 radical (unpaired) electrons. The second kappa shape index (κ2) is 8.12. The summed E-state index contributed by atoms with van der Waals surface area (Å²) in [5.74, 6) is 0.376. The summed E-state index contributed by atoms with van der Waals surface area (Å²) in [5.41, 5.74) is 5.68. The topological polar surface area (TPSA) is 61.2 Å². The number of hydrogen-bond acceptors (Lipinski definition) is 4. The Morgan fingerprint density at radius 3 is 2.06 bits per heavy atom. The molecule has 0 aliphatic carbocycles. The summed E-state index contributed by atoms with van der Waals surface area (Å²) in [6.45, 7) is 0. The highest BCUT2D eigenvalue weighted by Gasteiger charge is 2.32. The summed E-state index contributed by atoms with van der Waals surface area (Å²) < 4.78 is 6.68. The van der Waals surface area contributed by atoms with E-state index < -0.39 is 0 Å². The van der Waals surface area contributed by atoms with E-state index in [1.165, 1.54) is 4.68 Å². The first-order valence-electron chi connectivity index (χ1n) is 10.3. The Morgan fingerprint density at radius 2 is 1.47 bits per heavy atom. The van der Waals surface area contributed by atoms with Crippen LogP contribution in [0.25, 0.3) is 28.0 Å². The minimum atomic E-state index is -0.308. The summed E-state index contributed by atoms with van der Waals surface area (Å²) in [6, 6.07) is 26.8. The van der Waals surface area contributed by atoms with Crippen molar-refractivity contribution in [3.63, 3.8) is 0 Å². The highest BCUT2D eigenvalue weighted by Crippen LogP contribution is 2.39. The maximum Gasteiger partial charge on any atom is 0.279 e. The van der Waals surface area contributed by atoms with Gasteiger partial charge < -0.3 is 4.74 Å². The molecule has 0 fully saturated rings. The standard InChI is InChI=1S/C27H20N2O3/c1-32-22-14-12-19(13-15-22)24-21(17-30)16-23-25(18-8-4-2-5-9-18)26(28-29(23)27(24)31)20-10-6-3-7-11-20/h2-15,17H,16H2,1H3. The van der Waals surface area contributed by atoms with Gasteiger partial charge in [-0.05, 0) is 23.3 Å². The first-order chi connectivity index (χ1) is 15.7. The SMILES string of the molecule is COc1ccc(C2=C(C=O)Cc3c(-c4ccccc4)c(-c4ccccc4)nn3C2=O)cc1. The van der Waals surface area contributed by atoms with Crippen LogP contribution in [-0.2, 0) is 11.2 Å². The number of hydrogen-bond donors (Lipinski definition) is 0. The van der Waals surface area contributed by atoms with Crippen LogP contribution in [0.5, 0.6) is 5.75 Å². The number of carbonyl (C=O) groups excluding carboxylic acids is 2. The van der Waals surface area contributed by atoms with Gasteiger partial charge in [-0.3, -0.25) is 9.59 Å². The predicted molar refractivity (Wildman–Crippen MR) is 123 cm³/mol. The van der Waals surface area contributed by atoms with E-state index in [0.29, 0.717) is 28.9 Å². The molecule has 0 unspecified atom stereocenters. The molecule has 5 nitrogen and oxygen atoms in total. The van der Waals surface area contributed by atoms with Gasteiger partial charge in [-0.15, -0.1) is 0 Å². The molecule has 3 aromatic carbocycles. The fourth-order valence-corrected chi connectivity index (χ4v) is 4.17. The lowest BCUT2D eigenvalue weighted by molar-refractivity contribution is -0.105. The largest absolute Gasteiger partial charge is 0.497 e. The molecule has 1 aromatic heterocycles. The Bertz CT molecular complexity index is 1340. The maximum absolute atomic E-state index is 13.6. The van der Waals surface area contributed by atoms with Gasteiger partial charge in [0.2, 0.25) is 0 Å². The molecule has 0 spiro atoms. The number of benzene rings is 3. The minimum Gasteiger partial charge on any atom is -0.497 e. The Labute approximate surface area is 185 Å². The molecule has 32 heavy (non-hydrogen) atoms. The molecule has 0 bridgehead atoms. The molecule has 4 aromatic rings. The zero-order valence-corrected chi connectivity index (χ0v) is 17.5. The number of rotatable bonds is 5. The maximum atomic E-state index is 13.6. The van der Waals surface area contributed by atoms with Crippen LogP contribution in [-0.4, -0.2) is 29.1 Å². The summed E-state index contributed by atoms with van der Waals surface area (Å²) in [7, 11) is 1.59. The van der Waals surface area contributed by atoms with Crippen LogP contribution in [0.3, 0.4) is 0 Å². The van der Waals surface area contributed by atoms with Crippen LogP contribution in [0.1, 0.15) is 16.1 Å². The molecule has 1 aliphatic rings. The monoisotopic (exact) mass is 420 g/mol. The Morgan fingerprint density at radius 1 is 0.844 bits per heavy atom. The third-order valence-electron chi connectivity index (χ3n) is 5.70. The smallest absolute Gasteiger partial charge is 0.279 e. The minimum absolute atomic E-state index is 0.308. The van der Waals surface area contributed by atoms with Crippen LogP contribution in [0.2, 0.25) is 0 Å². The Hall–Kier alpha value is -4.25. The number of aromatic nitrogens is 2. The number of carbonyl (C=O) groups is 2. The highest BCUT2D eigenvalue weighted by molar-refractivity contribution is 6.26. The number of fused-ring (bicyclic) bond motifs is 1. The van der Waals surface area contributed by atoms with Gasteiger partial charge in [0.1, 0.15) is 17.7 Å². The lowest BCUT2D eigenvalue weighted by Gasteiger charge is -2.19. The average Bonchev–Trinajstić information content (AvgIpc) is 3.25. The van der Waals surface area contributed by atoms with Gasteiger partial charge in [-0.25, -0.2) is 0 Å². The van der Waals surface area contributed by atoms with Crippen molar-refractivity contribution >= 4 is 17.8 Å². The molecule has 0 saturated heterocycles. The van der Waals surface area contributed by atoms with Gasteiger partial charge in [-0.2, -0.15) is 9.78 Å². The zero-order chi connectivity index (χ0) is 22.1. The summed E-state index contributed by atoms with van der Waals surface area (Å²) in [4.78, 5) is 25.7. The molecule has 1 aliphatic heterocycles. The quantitative estimate of drug-likeness (QED) is 0.423. The molecule has 5 heteroatoms. The van der Waals surface area contributed by atoms with Crippen LogP contribution < -0.4 is 4.74 Å². The molecule has 156 valence electrons. The Kier molecular flexibility index (Phi) is 5.00. The van der Waals surface area contributed by atoms with Crippen molar-refractivity contribution in [2.75, 3.05) is 7.11 Å². The van der Waals surface area contributed by atoms with Crippen molar-refractivity contribution < 1.29 is 14.3 Å². The first kappa shape index (κ1) is 19.7. The average molecular weight is 420 g/mol. The third kappa shape index (κ3) is 3.24. The highest BCUT2D eigenvalue weighted by atomic mass is 16.5. The number of methoxy groups -OCH3 is 1. The van der Waals surface area contributed by atoms with E-state index in [2.05, 4.69) is 0 Å². The van der Waals surface area contributed by atoms with Crippen LogP contribution in [0, 0.1) is 0 Å². The normalized spacial score (nSPS) is 13.1. The fraction of sp³-hybridized carbons (Fsp3) is 0.0741. The van der Waals surface area contributed by atoms with Gasteiger partial charge in [0.05, 0.1) is 18.4 Å². The number of nitrogens with zero attached hydrogens (tertiary/aromatic N) is 2. The van der Waals surface area contributed by atoms with Crippen molar-refractivity contribution in [1.29, 1.82) is 0 Å². The number of ether oxygens (including phenoxy) is 1. The van der Waals surface area contributed by atoms with E-state index in [-0.39, 0.29) is 5.91 Å². The summed E-state index contributed by atoms with van der Waals surface area (Å²) >= 11 is 0. The van der Waals surface area contributed by atoms with Gasteiger partial charge in [0.15, 0.2) is 0 Å². The van der Waals surface area contributed by atoms with E-state index in [1.54, 1.807) is 31.4 Å². The van der Waals surface area contributed by atoms with E-state index in [0.717, 1.165) is 34.4 Å². The van der Waals surface area contributed by atoms with Gasteiger partial charge in [0, 0.05) is 23.1 Å². The Balaban J connectivity index is 1.71. The second-order valence-corrected chi connectivity index (χ2v) is 7.54. The van der Waals surface area contributed by atoms with E-state index in [1.807, 2.05) is 60.7 Å². The molecule has 0 saturated carbocycles. The lowest BCUT2D eigenvalue weighted by Crippen LogP contribution is -2.24. The summed E-state index contributed by atoms with van der Waals surface area (Å²) in [6.07, 6.45) is 1.10. The lowest BCUT2D eigenvalue weighted by atomic mass is 9.90. The molecule has 0 atom stereocenters. The van der Waals surface area contributed by atoms with Crippen molar-refractivity contribution in [2.45, 2.75) is 6.42 Å². The van der Waals surface area contributed by atoms with E-state index in [4.69, 9.17) is 9.84 Å². The van der Waals surface area contributed by atoms with Gasteiger partial charge >= 0.3 is 0 Å². The zero-order valence-electron chi connectivity index (χ0n) is 17.5. The molecule has 5 rings (SSSR count). The van der Waals surface area contributed by atoms with E-state index in [9.17, 15) is 9.59 Å². The molecular weight excluding hydrogens is 400 g/mol. The van der Waals surface area contributed by atoms with E-state index >= 15 is 0 Å². The first-order valence-corrected chi connectivity index (χ1v) is 10.3. The third-order valence-corrected chi connectivity index (χ3v) is 5.70.